The zero-order valence-electron chi connectivity index (χ0n) is 14.2. The lowest BCUT2D eigenvalue weighted by molar-refractivity contribution is -0.135. The second-order valence-corrected chi connectivity index (χ2v) is 7.00. The lowest BCUT2D eigenvalue weighted by Crippen LogP contribution is -2.52. The summed E-state index contributed by atoms with van der Waals surface area (Å²) in [6.07, 6.45) is 2.76. The van der Waals surface area contributed by atoms with Gasteiger partial charge in [0.25, 0.3) is 0 Å². The second-order valence-electron chi connectivity index (χ2n) is 7.00. The van der Waals surface area contributed by atoms with E-state index < -0.39 is 0 Å². The molecule has 2 aliphatic heterocycles. The third-order valence-electron chi connectivity index (χ3n) is 5.18. The van der Waals surface area contributed by atoms with E-state index >= 15 is 0 Å². The molecule has 0 aliphatic carbocycles. The molecule has 1 atom stereocenters. The van der Waals surface area contributed by atoms with Gasteiger partial charge < -0.3 is 14.5 Å². The molecule has 1 amide bonds. The van der Waals surface area contributed by atoms with E-state index in [4.69, 9.17) is 4.74 Å². The number of nitrogens with zero attached hydrogens (tertiary/aromatic N) is 2. The van der Waals surface area contributed by atoms with Crippen LogP contribution in [-0.4, -0.2) is 61.6 Å². The van der Waals surface area contributed by atoms with Crippen molar-refractivity contribution in [2.45, 2.75) is 26.2 Å². The first-order valence-electron chi connectivity index (χ1n) is 8.83. The fourth-order valence-corrected chi connectivity index (χ4v) is 3.90. The van der Waals surface area contributed by atoms with Gasteiger partial charge in [-0.3, -0.25) is 4.79 Å². The van der Waals surface area contributed by atoms with E-state index in [0.717, 1.165) is 57.9 Å². The Kier molecular flexibility index (Phi) is 5.34. The van der Waals surface area contributed by atoms with Gasteiger partial charge in [-0.05, 0) is 24.9 Å². The van der Waals surface area contributed by atoms with Gasteiger partial charge in [0.05, 0.1) is 19.6 Å². The first-order chi connectivity index (χ1) is 11.2. The standard InChI is InChI=1S/C19H28N2O2/c1-2-20-11-12-23-16-19(14-20)9-6-10-21(15-19)18(22)13-17-7-4-3-5-8-17/h3-5,7-8H,2,6,9-16H2,1H3. The van der Waals surface area contributed by atoms with Gasteiger partial charge in [0.2, 0.25) is 5.91 Å². The van der Waals surface area contributed by atoms with Gasteiger partial charge in [0, 0.05) is 31.6 Å². The molecule has 0 saturated carbocycles. The van der Waals surface area contributed by atoms with Crippen LogP contribution in [0.1, 0.15) is 25.3 Å². The summed E-state index contributed by atoms with van der Waals surface area (Å²) in [6, 6.07) is 10.1. The summed E-state index contributed by atoms with van der Waals surface area (Å²) in [5, 5.41) is 0. The molecular formula is C19H28N2O2. The van der Waals surface area contributed by atoms with Crippen LogP contribution in [0.15, 0.2) is 30.3 Å². The predicted octanol–water partition coefficient (Wildman–Crippen LogP) is 2.19. The zero-order chi connectivity index (χ0) is 16.1. The summed E-state index contributed by atoms with van der Waals surface area (Å²) in [5.74, 6) is 0.252. The molecule has 1 spiro atoms. The van der Waals surface area contributed by atoms with Crippen LogP contribution in [0.4, 0.5) is 0 Å². The largest absolute Gasteiger partial charge is 0.379 e. The SMILES string of the molecule is CCN1CCOCC2(CCCN(C(=O)Cc3ccccc3)C2)C1. The maximum Gasteiger partial charge on any atom is 0.227 e. The van der Waals surface area contributed by atoms with E-state index in [1.807, 2.05) is 30.3 Å². The predicted molar refractivity (Wildman–Crippen MR) is 91.3 cm³/mol. The van der Waals surface area contributed by atoms with Crippen molar-refractivity contribution in [1.82, 2.24) is 9.80 Å². The Morgan fingerprint density at radius 2 is 2.04 bits per heavy atom. The molecule has 1 aromatic rings. The van der Waals surface area contributed by atoms with Gasteiger partial charge in [0.1, 0.15) is 0 Å². The third kappa shape index (κ3) is 4.12. The number of amides is 1. The highest BCUT2D eigenvalue weighted by atomic mass is 16.5. The fourth-order valence-electron chi connectivity index (χ4n) is 3.90. The first kappa shape index (κ1) is 16.5. The molecule has 2 aliphatic rings. The number of piperidine rings is 1. The van der Waals surface area contributed by atoms with Crippen molar-refractivity contribution in [2.75, 3.05) is 45.9 Å². The van der Waals surface area contributed by atoms with Crippen molar-refractivity contribution in [2.24, 2.45) is 5.41 Å². The molecule has 0 radical (unpaired) electrons. The van der Waals surface area contributed by atoms with Gasteiger partial charge in [0.15, 0.2) is 0 Å². The van der Waals surface area contributed by atoms with E-state index in [-0.39, 0.29) is 11.3 Å². The normalized spacial score (nSPS) is 26.2. The average molecular weight is 316 g/mol. The number of carbonyl (C=O) groups excluding carboxylic acids is 1. The maximum atomic E-state index is 12.7. The number of rotatable bonds is 3. The quantitative estimate of drug-likeness (QED) is 0.857. The molecule has 4 nitrogen and oxygen atoms in total. The number of likely N-dealkylation sites (tertiary alicyclic amines) is 1. The highest BCUT2D eigenvalue weighted by Crippen LogP contribution is 2.33. The number of benzene rings is 1. The van der Waals surface area contributed by atoms with Gasteiger partial charge in [-0.25, -0.2) is 0 Å². The molecule has 3 rings (SSSR count). The van der Waals surface area contributed by atoms with E-state index in [9.17, 15) is 4.79 Å². The Balaban J connectivity index is 1.66. The Morgan fingerprint density at radius 1 is 1.22 bits per heavy atom. The summed E-state index contributed by atoms with van der Waals surface area (Å²) < 4.78 is 5.89. The monoisotopic (exact) mass is 316 g/mol. The first-order valence-corrected chi connectivity index (χ1v) is 8.83. The van der Waals surface area contributed by atoms with Gasteiger partial charge in [-0.15, -0.1) is 0 Å². The van der Waals surface area contributed by atoms with Crippen LogP contribution in [0.25, 0.3) is 0 Å². The van der Waals surface area contributed by atoms with Crippen molar-refractivity contribution in [3.05, 3.63) is 35.9 Å². The molecule has 0 N–H and O–H groups in total. The van der Waals surface area contributed by atoms with Crippen molar-refractivity contribution in [3.63, 3.8) is 0 Å². The van der Waals surface area contributed by atoms with Crippen molar-refractivity contribution in [3.8, 4) is 0 Å². The molecule has 1 aromatic carbocycles. The minimum atomic E-state index is 0.122. The van der Waals surface area contributed by atoms with Crippen LogP contribution in [0.5, 0.6) is 0 Å². The molecule has 2 fully saturated rings. The van der Waals surface area contributed by atoms with Crippen molar-refractivity contribution >= 4 is 5.91 Å². The van der Waals surface area contributed by atoms with E-state index in [2.05, 4.69) is 16.7 Å². The van der Waals surface area contributed by atoms with Crippen LogP contribution in [0.3, 0.4) is 0 Å². The molecule has 23 heavy (non-hydrogen) atoms. The zero-order valence-corrected chi connectivity index (χ0v) is 14.2. The van der Waals surface area contributed by atoms with Gasteiger partial charge in [-0.1, -0.05) is 37.3 Å². The Bertz CT molecular complexity index is 519. The van der Waals surface area contributed by atoms with Crippen molar-refractivity contribution in [1.29, 1.82) is 0 Å². The molecule has 1 unspecified atom stereocenters. The van der Waals surface area contributed by atoms with E-state index in [1.54, 1.807) is 0 Å². The van der Waals surface area contributed by atoms with E-state index in [0.29, 0.717) is 6.42 Å². The fraction of sp³-hybridized carbons (Fsp3) is 0.632. The van der Waals surface area contributed by atoms with Crippen molar-refractivity contribution < 1.29 is 9.53 Å². The molecule has 0 bridgehead atoms. The molecule has 0 aromatic heterocycles. The van der Waals surface area contributed by atoms with Crippen LogP contribution in [-0.2, 0) is 16.0 Å². The highest BCUT2D eigenvalue weighted by molar-refractivity contribution is 5.78. The molecular weight excluding hydrogens is 288 g/mol. The molecule has 126 valence electrons. The number of hydrogen-bond acceptors (Lipinski definition) is 3. The Labute approximate surface area is 139 Å². The second kappa shape index (κ2) is 7.45. The number of carbonyl (C=O) groups is 1. The lowest BCUT2D eigenvalue weighted by atomic mass is 9.80. The summed E-state index contributed by atoms with van der Waals surface area (Å²) in [6.45, 7) is 8.67. The smallest absolute Gasteiger partial charge is 0.227 e. The minimum absolute atomic E-state index is 0.122. The third-order valence-corrected chi connectivity index (χ3v) is 5.18. The maximum absolute atomic E-state index is 12.7. The highest BCUT2D eigenvalue weighted by Gasteiger charge is 2.39. The minimum Gasteiger partial charge on any atom is -0.379 e. The summed E-state index contributed by atoms with van der Waals surface area (Å²) in [4.78, 5) is 17.2. The molecule has 4 heteroatoms. The summed E-state index contributed by atoms with van der Waals surface area (Å²) in [7, 11) is 0. The molecule has 2 heterocycles. The number of likely N-dealkylation sites (N-methyl/N-ethyl adjacent to an activating group) is 1. The number of hydrogen-bond donors (Lipinski definition) is 0. The average Bonchev–Trinajstić information content (AvgIpc) is 2.78. The van der Waals surface area contributed by atoms with E-state index in [1.165, 1.54) is 6.42 Å². The number of ether oxygens (including phenoxy) is 1. The van der Waals surface area contributed by atoms with Crippen LogP contribution >= 0.6 is 0 Å². The van der Waals surface area contributed by atoms with Crippen LogP contribution < -0.4 is 0 Å². The van der Waals surface area contributed by atoms with Gasteiger partial charge >= 0.3 is 0 Å². The Morgan fingerprint density at radius 3 is 2.83 bits per heavy atom. The summed E-state index contributed by atoms with van der Waals surface area (Å²) in [5.41, 5.74) is 1.22. The van der Waals surface area contributed by atoms with Crippen LogP contribution in [0, 0.1) is 5.41 Å². The lowest BCUT2D eigenvalue weighted by Gasteiger charge is -2.43. The summed E-state index contributed by atoms with van der Waals surface area (Å²) >= 11 is 0. The topological polar surface area (TPSA) is 32.8 Å². The Hall–Kier alpha value is -1.39. The van der Waals surface area contributed by atoms with Gasteiger partial charge in [-0.2, -0.15) is 0 Å². The molecule has 2 saturated heterocycles. The van der Waals surface area contributed by atoms with Crippen LogP contribution in [0.2, 0.25) is 0 Å².